The van der Waals surface area contributed by atoms with E-state index in [4.69, 9.17) is 9.68 Å². The minimum atomic E-state index is -0.221. The van der Waals surface area contributed by atoms with Crippen molar-refractivity contribution in [1.82, 2.24) is 0 Å². The van der Waals surface area contributed by atoms with Gasteiger partial charge in [0.05, 0.1) is 23.8 Å². The van der Waals surface area contributed by atoms with Crippen molar-refractivity contribution in [3.63, 3.8) is 0 Å². The summed E-state index contributed by atoms with van der Waals surface area (Å²) < 4.78 is 0. The van der Waals surface area contributed by atoms with Crippen molar-refractivity contribution in [2.24, 2.45) is 20.3 Å². The number of hydrogen-bond donors (Lipinski definition) is 0. The van der Waals surface area contributed by atoms with Gasteiger partial charge in [-0.1, -0.05) is 82.5 Å². The van der Waals surface area contributed by atoms with E-state index in [0.717, 1.165) is 10.8 Å². The lowest BCUT2D eigenvalue weighted by atomic mass is 10.1. The second-order valence-electron chi connectivity index (χ2n) is 7.84. The maximum absolute atomic E-state index is 12.9. The van der Waals surface area contributed by atoms with E-state index in [9.17, 15) is 10.2 Å². The van der Waals surface area contributed by atoms with Crippen LogP contribution < -0.4 is 10.2 Å². The lowest BCUT2D eigenvalue weighted by Crippen LogP contribution is -2.03. The Balaban J connectivity index is 1.63. The number of hydrogen-bond acceptors (Lipinski definition) is 8. The molecule has 0 saturated heterocycles. The van der Waals surface area contributed by atoms with Crippen molar-refractivity contribution in [1.29, 1.82) is 0 Å². The lowest BCUT2D eigenvalue weighted by Gasteiger charge is -2.13. The summed E-state index contributed by atoms with van der Waals surface area (Å²) in [4.78, 5) is 19.5. The van der Waals surface area contributed by atoms with Gasteiger partial charge in [-0.15, -0.1) is 0 Å². The van der Waals surface area contributed by atoms with Crippen molar-refractivity contribution >= 4 is 47.0 Å². The summed E-state index contributed by atoms with van der Waals surface area (Å²) in [6.07, 6.45) is 5.77. The maximum atomic E-state index is 12.9. The molecule has 0 aromatic heterocycles. The predicted molar refractivity (Wildman–Crippen MR) is 137 cm³/mol. The van der Waals surface area contributed by atoms with Crippen LogP contribution in [0.5, 0.6) is 11.5 Å². The summed E-state index contributed by atoms with van der Waals surface area (Å²) in [5.41, 5.74) is 2.85. The Bertz CT molecular complexity index is 1420. The standard InChI is InChI=1S/C28H22N4O4/c33-27-20-7-1-9-22(27)17-31-35-13-14-36-32-18-23-10-2-8-21(28(23)34)16-30-25-12-4-6-19-5-3-11-24(26(19)25)29-15-20/h1-12,15-18,33-34H,13-14H2/p-2/b29-15?,30-16?,31-17-,32-18+. The number of aliphatic imine (C=N–C) groups is 2. The number of benzene rings is 4. The third kappa shape index (κ3) is 4.92. The van der Waals surface area contributed by atoms with Gasteiger partial charge in [-0.25, -0.2) is 0 Å². The van der Waals surface area contributed by atoms with Gasteiger partial charge >= 0.3 is 0 Å². The Hall–Kier alpha value is -4.98. The fourth-order valence-electron chi connectivity index (χ4n) is 3.72. The molecule has 0 radical (unpaired) electrons. The molecule has 8 heteroatoms. The van der Waals surface area contributed by atoms with E-state index >= 15 is 0 Å². The molecule has 178 valence electrons. The first-order valence-corrected chi connectivity index (χ1v) is 11.2. The molecule has 1 aliphatic rings. The third-order valence-corrected chi connectivity index (χ3v) is 5.50. The first-order chi connectivity index (χ1) is 17.7. The van der Waals surface area contributed by atoms with Gasteiger partial charge in [0.25, 0.3) is 0 Å². The summed E-state index contributed by atoms with van der Waals surface area (Å²) in [5.74, 6) is -0.442. The van der Waals surface area contributed by atoms with E-state index in [2.05, 4.69) is 20.3 Å². The topological polar surface area (TPSA) is 114 Å². The van der Waals surface area contributed by atoms with Crippen LogP contribution in [0.4, 0.5) is 11.4 Å². The molecule has 8 nitrogen and oxygen atoms in total. The second kappa shape index (κ2) is 10.5. The van der Waals surface area contributed by atoms with Crippen molar-refractivity contribution in [3.05, 3.63) is 95.1 Å². The Morgan fingerprint density at radius 1 is 0.528 bits per heavy atom. The van der Waals surface area contributed by atoms with Crippen LogP contribution in [0.1, 0.15) is 22.3 Å². The minimum Gasteiger partial charge on any atom is -0.872 e. The first kappa shape index (κ1) is 22.8. The van der Waals surface area contributed by atoms with Crippen LogP contribution in [0.25, 0.3) is 10.8 Å². The highest BCUT2D eigenvalue weighted by Crippen LogP contribution is 2.34. The van der Waals surface area contributed by atoms with Crippen molar-refractivity contribution in [2.75, 3.05) is 13.2 Å². The lowest BCUT2D eigenvalue weighted by molar-refractivity contribution is -0.269. The van der Waals surface area contributed by atoms with Crippen LogP contribution in [0.15, 0.2) is 93.1 Å². The van der Waals surface area contributed by atoms with Gasteiger partial charge in [0.15, 0.2) is 13.2 Å². The van der Waals surface area contributed by atoms with E-state index in [0.29, 0.717) is 33.6 Å². The molecule has 1 heterocycles. The molecule has 0 aliphatic carbocycles. The number of nitrogens with zero attached hydrogens (tertiary/aromatic N) is 4. The first-order valence-electron chi connectivity index (χ1n) is 11.2. The molecule has 0 saturated carbocycles. The third-order valence-electron chi connectivity index (χ3n) is 5.50. The maximum Gasteiger partial charge on any atom is 0.153 e. The molecule has 4 aromatic carbocycles. The van der Waals surface area contributed by atoms with E-state index in [-0.39, 0.29) is 24.7 Å². The molecule has 4 bridgehead atoms. The molecular weight excluding hydrogens is 456 g/mol. The summed E-state index contributed by atoms with van der Waals surface area (Å²) in [7, 11) is 0. The van der Waals surface area contributed by atoms with Gasteiger partial charge in [0.2, 0.25) is 0 Å². The molecular formula is C28H20N4O4-2. The molecule has 0 N–H and O–H groups in total. The van der Waals surface area contributed by atoms with Gasteiger partial charge in [-0.05, 0) is 39.8 Å². The van der Waals surface area contributed by atoms with Crippen LogP contribution in [0, 0.1) is 0 Å². The van der Waals surface area contributed by atoms with Crippen molar-refractivity contribution in [3.8, 4) is 11.5 Å². The Kier molecular flexibility index (Phi) is 6.66. The Labute approximate surface area is 207 Å². The quantitative estimate of drug-likeness (QED) is 0.378. The predicted octanol–water partition coefficient (Wildman–Crippen LogP) is 4.20. The van der Waals surface area contributed by atoms with E-state index in [1.807, 2.05) is 36.4 Å². The average Bonchev–Trinajstić information content (AvgIpc) is 2.90. The van der Waals surface area contributed by atoms with Crippen LogP contribution in [-0.4, -0.2) is 38.1 Å². The highest BCUT2D eigenvalue weighted by atomic mass is 16.7. The highest BCUT2D eigenvalue weighted by Gasteiger charge is 2.06. The van der Waals surface area contributed by atoms with Crippen LogP contribution in [-0.2, 0) is 9.68 Å². The molecule has 5 rings (SSSR count). The molecule has 1 aliphatic heterocycles. The molecule has 0 amide bonds. The summed E-state index contributed by atoms with van der Waals surface area (Å²) in [6, 6.07) is 21.6. The highest BCUT2D eigenvalue weighted by molar-refractivity contribution is 6.04. The molecule has 0 spiro atoms. The number of rotatable bonds is 0. The van der Waals surface area contributed by atoms with Crippen molar-refractivity contribution in [2.45, 2.75) is 0 Å². The van der Waals surface area contributed by atoms with Gasteiger partial charge < -0.3 is 19.9 Å². The normalized spacial score (nSPS) is 15.3. The second-order valence-corrected chi connectivity index (χ2v) is 7.84. The molecule has 0 atom stereocenters. The van der Waals surface area contributed by atoms with Gasteiger partial charge in [-0.3, -0.25) is 9.98 Å². The van der Waals surface area contributed by atoms with E-state index in [1.165, 1.54) is 24.9 Å². The van der Waals surface area contributed by atoms with Crippen LogP contribution >= 0.6 is 0 Å². The minimum absolute atomic E-state index is 0.113. The Morgan fingerprint density at radius 2 is 0.944 bits per heavy atom. The van der Waals surface area contributed by atoms with Crippen LogP contribution in [0.3, 0.4) is 0 Å². The molecule has 0 unspecified atom stereocenters. The number of fused-ring (bicyclic) bond motifs is 4. The van der Waals surface area contributed by atoms with Gasteiger partial charge in [0, 0.05) is 17.8 Å². The number of para-hydroxylation sites is 2. The fourth-order valence-corrected chi connectivity index (χ4v) is 3.72. The smallest absolute Gasteiger partial charge is 0.153 e. The zero-order valence-corrected chi connectivity index (χ0v) is 19.1. The molecule has 36 heavy (non-hydrogen) atoms. The monoisotopic (exact) mass is 476 g/mol. The van der Waals surface area contributed by atoms with Gasteiger partial charge in [0.1, 0.15) is 0 Å². The Morgan fingerprint density at radius 3 is 1.42 bits per heavy atom. The fraction of sp³-hybridized carbons (Fsp3) is 0.0714. The van der Waals surface area contributed by atoms with Gasteiger partial charge in [-0.2, -0.15) is 0 Å². The van der Waals surface area contributed by atoms with Crippen LogP contribution in [0.2, 0.25) is 0 Å². The van der Waals surface area contributed by atoms with E-state index in [1.54, 1.807) is 36.4 Å². The average molecular weight is 476 g/mol. The molecule has 4 aromatic rings. The van der Waals surface area contributed by atoms with Crippen molar-refractivity contribution < 1.29 is 19.9 Å². The zero-order valence-electron chi connectivity index (χ0n) is 19.1. The molecule has 0 fully saturated rings. The SMILES string of the molecule is [O-]c1c2cccc1/C=N\OCCO/N=C/c1cccc(c1[O-])C=Nc1cccc3cccc(c13)N=C2. The summed E-state index contributed by atoms with van der Waals surface area (Å²) in [6.45, 7) is 0.227. The number of oxime groups is 2. The largest absolute Gasteiger partial charge is 0.872 e. The van der Waals surface area contributed by atoms with E-state index < -0.39 is 0 Å². The summed E-state index contributed by atoms with van der Waals surface area (Å²) in [5, 5.41) is 35.1. The zero-order chi connectivity index (χ0) is 24.7. The summed E-state index contributed by atoms with van der Waals surface area (Å²) >= 11 is 0.